The largest absolute Gasteiger partial charge is 0.493 e. The van der Waals surface area contributed by atoms with Crippen molar-refractivity contribution in [2.24, 2.45) is 0 Å². The average Bonchev–Trinajstić information content (AvgIpc) is 2.71. The highest BCUT2D eigenvalue weighted by atomic mass is 16.6. The van der Waals surface area contributed by atoms with Gasteiger partial charge in [0.25, 0.3) is 0 Å². The maximum absolute atomic E-state index is 11.9. The summed E-state index contributed by atoms with van der Waals surface area (Å²) in [5.41, 5.74) is 6.73. The van der Waals surface area contributed by atoms with Gasteiger partial charge in [0.05, 0.1) is 14.2 Å². The molecule has 1 aliphatic heterocycles. The van der Waals surface area contributed by atoms with Gasteiger partial charge in [0.2, 0.25) is 5.95 Å². The van der Waals surface area contributed by atoms with Crippen LogP contribution in [0.5, 0.6) is 11.5 Å². The second-order valence-corrected chi connectivity index (χ2v) is 5.95. The standard InChI is InChI=1S/C18H23N5O4/c1-4-11-27-18(24)23-9-7-22(8-10-23)17-20-14-12(16(19)21-17)5-6-13(25-2)15(14)26-3/h4-6H,1,7-11H2,2-3H3,(H2,19,20,21). The number of methoxy groups -OCH3 is 2. The molecule has 0 unspecified atom stereocenters. The van der Waals surface area contributed by atoms with Crippen LogP contribution in [-0.4, -0.2) is 68.0 Å². The van der Waals surface area contributed by atoms with Gasteiger partial charge in [-0.05, 0) is 12.1 Å². The molecular formula is C18H23N5O4. The van der Waals surface area contributed by atoms with E-state index in [-0.39, 0.29) is 12.7 Å². The molecule has 2 N–H and O–H groups in total. The van der Waals surface area contributed by atoms with E-state index in [1.165, 1.54) is 0 Å². The van der Waals surface area contributed by atoms with E-state index < -0.39 is 0 Å². The van der Waals surface area contributed by atoms with Crippen LogP contribution in [-0.2, 0) is 4.74 Å². The molecule has 0 atom stereocenters. The second kappa shape index (κ2) is 7.98. The number of rotatable bonds is 5. The maximum atomic E-state index is 11.9. The number of nitrogen functional groups attached to an aromatic ring is 1. The van der Waals surface area contributed by atoms with Gasteiger partial charge < -0.3 is 29.7 Å². The fourth-order valence-electron chi connectivity index (χ4n) is 2.97. The van der Waals surface area contributed by atoms with Crippen LogP contribution in [0.3, 0.4) is 0 Å². The Bertz CT molecular complexity index is 849. The Hall–Kier alpha value is -3.23. The zero-order valence-electron chi connectivity index (χ0n) is 15.5. The predicted molar refractivity (Wildman–Crippen MR) is 102 cm³/mol. The quantitative estimate of drug-likeness (QED) is 0.790. The molecule has 0 aliphatic carbocycles. The number of benzene rings is 1. The molecule has 0 saturated carbocycles. The molecule has 27 heavy (non-hydrogen) atoms. The van der Waals surface area contributed by atoms with E-state index in [4.69, 9.17) is 19.9 Å². The van der Waals surface area contributed by atoms with Crippen molar-refractivity contribution in [2.75, 3.05) is 57.6 Å². The van der Waals surface area contributed by atoms with Crippen molar-refractivity contribution in [3.63, 3.8) is 0 Å². The minimum absolute atomic E-state index is 0.199. The van der Waals surface area contributed by atoms with E-state index in [0.29, 0.717) is 60.3 Å². The summed E-state index contributed by atoms with van der Waals surface area (Å²) in [5.74, 6) is 1.94. The number of carbonyl (C=O) groups excluding carboxylic acids is 1. The molecule has 0 bridgehead atoms. The second-order valence-electron chi connectivity index (χ2n) is 5.95. The normalized spacial score (nSPS) is 14.1. The van der Waals surface area contributed by atoms with Gasteiger partial charge in [-0.1, -0.05) is 12.7 Å². The highest BCUT2D eigenvalue weighted by Gasteiger charge is 2.25. The molecule has 1 amide bonds. The molecule has 1 fully saturated rings. The van der Waals surface area contributed by atoms with Crippen molar-refractivity contribution in [2.45, 2.75) is 0 Å². The van der Waals surface area contributed by atoms with Crippen LogP contribution in [0.25, 0.3) is 10.9 Å². The molecule has 1 aromatic heterocycles. The summed E-state index contributed by atoms with van der Waals surface area (Å²) in [7, 11) is 3.13. The Morgan fingerprint density at radius 1 is 1.22 bits per heavy atom. The van der Waals surface area contributed by atoms with Crippen LogP contribution < -0.4 is 20.1 Å². The number of carbonyl (C=O) groups is 1. The van der Waals surface area contributed by atoms with E-state index in [0.717, 1.165) is 0 Å². The fourth-order valence-corrected chi connectivity index (χ4v) is 2.97. The first-order valence-electron chi connectivity index (χ1n) is 8.54. The Balaban J connectivity index is 1.83. The highest BCUT2D eigenvalue weighted by molar-refractivity contribution is 5.95. The Morgan fingerprint density at radius 2 is 1.96 bits per heavy atom. The van der Waals surface area contributed by atoms with E-state index >= 15 is 0 Å². The van der Waals surface area contributed by atoms with Crippen LogP contribution in [0.2, 0.25) is 0 Å². The zero-order valence-corrected chi connectivity index (χ0v) is 15.5. The molecule has 2 heterocycles. The van der Waals surface area contributed by atoms with Crippen LogP contribution in [0, 0.1) is 0 Å². The lowest BCUT2D eigenvalue weighted by Gasteiger charge is -2.34. The first kappa shape index (κ1) is 18.6. The number of hydrogen-bond acceptors (Lipinski definition) is 8. The summed E-state index contributed by atoms with van der Waals surface area (Å²) in [4.78, 5) is 24.6. The number of hydrogen-bond donors (Lipinski definition) is 1. The molecule has 9 heteroatoms. The fraction of sp³-hybridized carbons (Fsp3) is 0.389. The third-order valence-electron chi connectivity index (χ3n) is 4.37. The van der Waals surface area contributed by atoms with Gasteiger partial charge in [0, 0.05) is 31.6 Å². The van der Waals surface area contributed by atoms with Crippen LogP contribution >= 0.6 is 0 Å². The van der Waals surface area contributed by atoms with E-state index in [2.05, 4.69) is 16.5 Å². The molecule has 9 nitrogen and oxygen atoms in total. The lowest BCUT2D eigenvalue weighted by Crippen LogP contribution is -2.49. The SMILES string of the molecule is C=CCOC(=O)N1CCN(c2nc(N)c3ccc(OC)c(OC)c3n2)CC1. The van der Waals surface area contributed by atoms with Crippen molar-refractivity contribution >= 4 is 28.8 Å². The number of nitrogens with two attached hydrogens (primary N) is 1. The number of amides is 1. The molecule has 1 saturated heterocycles. The third kappa shape index (κ3) is 3.67. The first-order chi connectivity index (χ1) is 13.1. The minimum Gasteiger partial charge on any atom is -0.493 e. The van der Waals surface area contributed by atoms with Gasteiger partial charge in [0.1, 0.15) is 17.9 Å². The van der Waals surface area contributed by atoms with E-state index in [9.17, 15) is 4.79 Å². The maximum Gasteiger partial charge on any atom is 0.410 e. The Morgan fingerprint density at radius 3 is 2.59 bits per heavy atom. The van der Waals surface area contributed by atoms with Crippen molar-refractivity contribution in [1.82, 2.24) is 14.9 Å². The minimum atomic E-state index is -0.347. The van der Waals surface area contributed by atoms with Crippen molar-refractivity contribution in [3.05, 3.63) is 24.8 Å². The average molecular weight is 373 g/mol. The summed E-state index contributed by atoms with van der Waals surface area (Å²) < 4.78 is 15.9. The Labute approximate surface area is 157 Å². The topological polar surface area (TPSA) is 103 Å². The number of ether oxygens (including phenoxy) is 3. The number of nitrogens with zero attached hydrogens (tertiary/aromatic N) is 4. The van der Waals surface area contributed by atoms with Crippen LogP contribution in [0.1, 0.15) is 0 Å². The summed E-state index contributed by atoms with van der Waals surface area (Å²) in [6.45, 7) is 5.89. The molecular weight excluding hydrogens is 350 g/mol. The predicted octanol–water partition coefficient (Wildman–Crippen LogP) is 1.67. The van der Waals surface area contributed by atoms with E-state index in [1.807, 2.05) is 11.0 Å². The van der Waals surface area contributed by atoms with Gasteiger partial charge in [-0.25, -0.2) is 9.78 Å². The third-order valence-corrected chi connectivity index (χ3v) is 4.37. The first-order valence-corrected chi connectivity index (χ1v) is 8.54. The lowest BCUT2D eigenvalue weighted by atomic mass is 10.2. The molecule has 3 rings (SSSR count). The summed E-state index contributed by atoms with van der Waals surface area (Å²) >= 11 is 0. The smallest absolute Gasteiger partial charge is 0.410 e. The zero-order chi connectivity index (χ0) is 19.4. The van der Waals surface area contributed by atoms with E-state index in [1.54, 1.807) is 31.3 Å². The van der Waals surface area contributed by atoms with Gasteiger partial charge >= 0.3 is 6.09 Å². The molecule has 1 aliphatic rings. The number of aromatic nitrogens is 2. The summed E-state index contributed by atoms with van der Waals surface area (Å²) in [6.07, 6.45) is 1.20. The molecule has 2 aromatic rings. The van der Waals surface area contributed by atoms with Gasteiger partial charge in [0.15, 0.2) is 11.5 Å². The molecule has 144 valence electrons. The van der Waals surface area contributed by atoms with Crippen molar-refractivity contribution < 1.29 is 19.0 Å². The number of piperazine rings is 1. The summed E-state index contributed by atoms with van der Waals surface area (Å²) in [5, 5.41) is 0.697. The van der Waals surface area contributed by atoms with Crippen LogP contribution in [0.4, 0.5) is 16.6 Å². The number of anilines is 2. The van der Waals surface area contributed by atoms with Crippen molar-refractivity contribution in [3.8, 4) is 11.5 Å². The highest BCUT2D eigenvalue weighted by Crippen LogP contribution is 2.36. The molecule has 0 radical (unpaired) electrons. The van der Waals surface area contributed by atoms with Crippen molar-refractivity contribution in [1.29, 1.82) is 0 Å². The van der Waals surface area contributed by atoms with Gasteiger partial charge in [-0.3, -0.25) is 0 Å². The van der Waals surface area contributed by atoms with Gasteiger partial charge in [-0.2, -0.15) is 4.98 Å². The summed E-state index contributed by atoms with van der Waals surface area (Å²) in [6, 6.07) is 3.58. The monoisotopic (exact) mass is 373 g/mol. The number of fused-ring (bicyclic) bond motifs is 1. The molecule has 0 spiro atoms. The Kier molecular flexibility index (Phi) is 5.49. The van der Waals surface area contributed by atoms with Gasteiger partial charge in [-0.15, -0.1) is 0 Å². The van der Waals surface area contributed by atoms with Crippen LogP contribution in [0.15, 0.2) is 24.8 Å². The molecule has 1 aromatic carbocycles. The lowest BCUT2D eigenvalue weighted by molar-refractivity contribution is 0.110.